The lowest BCUT2D eigenvalue weighted by Crippen LogP contribution is -2.32. The lowest BCUT2D eigenvalue weighted by atomic mass is 10.2. The predicted molar refractivity (Wildman–Crippen MR) is 102 cm³/mol. The summed E-state index contributed by atoms with van der Waals surface area (Å²) in [6, 6.07) is 10.9. The Labute approximate surface area is 164 Å². The van der Waals surface area contributed by atoms with Crippen LogP contribution in [0.25, 0.3) is 0 Å². The van der Waals surface area contributed by atoms with Gasteiger partial charge in [0.05, 0.1) is 6.21 Å². The van der Waals surface area contributed by atoms with E-state index in [2.05, 4.69) is 15.8 Å². The summed E-state index contributed by atoms with van der Waals surface area (Å²) < 4.78 is 5.15. The molecule has 0 bridgehead atoms. The second kappa shape index (κ2) is 9.56. The van der Waals surface area contributed by atoms with Crippen LogP contribution in [0.4, 0.5) is 5.69 Å². The molecule has 2 aromatic rings. The number of rotatable bonds is 6. The van der Waals surface area contributed by atoms with E-state index in [-0.39, 0.29) is 12.3 Å². The van der Waals surface area contributed by atoms with Gasteiger partial charge >= 0.3 is 11.8 Å². The van der Waals surface area contributed by atoms with Gasteiger partial charge in [0.2, 0.25) is 0 Å². The first kappa shape index (κ1) is 20.2. The van der Waals surface area contributed by atoms with Gasteiger partial charge in [-0.15, -0.1) is 0 Å². The van der Waals surface area contributed by atoms with E-state index in [1.54, 1.807) is 24.3 Å². The van der Waals surface area contributed by atoms with Crippen LogP contribution in [0.3, 0.4) is 0 Å². The van der Waals surface area contributed by atoms with E-state index in [9.17, 15) is 14.4 Å². The number of nitrogens with two attached hydrogens (primary N) is 1. The van der Waals surface area contributed by atoms with Gasteiger partial charge in [-0.3, -0.25) is 14.4 Å². The van der Waals surface area contributed by atoms with Crippen molar-refractivity contribution in [2.24, 2.45) is 10.8 Å². The molecule has 140 valence electrons. The fourth-order valence-corrected chi connectivity index (χ4v) is 2.40. The first-order valence-corrected chi connectivity index (χ1v) is 8.21. The molecule has 8 nitrogen and oxygen atoms in total. The summed E-state index contributed by atoms with van der Waals surface area (Å²) >= 11 is 11.6. The zero-order chi connectivity index (χ0) is 19.8. The summed E-state index contributed by atoms with van der Waals surface area (Å²) in [5.41, 5.74) is 7.93. The first-order chi connectivity index (χ1) is 12.8. The minimum Gasteiger partial charge on any atom is -0.484 e. The Morgan fingerprint density at radius 2 is 1.78 bits per heavy atom. The molecule has 0 saturated heterocycles. The third-order valence-electron chi connectivity index (χ3n) is 2.95. The summed E-state index contributed by atoms with van der Waals surface area (Å²) in [4.78, 5) is 34.3. The number of anilines is 1. The summed E-state index contributed by atoms with van der Waals surface area (Å²) in [7, 11) is 0. The highest BCUT2D eigenvalue weighted by Gasteiger charge is 2.13. The molecule has 0 saturated carbocycles. The number of hydrogen-bond donors (Lipinski definition) is 3. The van der Waals surface area contributed by atoms with Crippen molar-refractivity contribution in [2.45, 2.75) is 0 Å². The predicted octanol–water partition coefficient (Wildman–Crippen LogP) is 1.95. The zero-order valence-electron chi connectivity index (χ0n) is 13.7. The van der Waals surface area contributed by atoms with Crippen LogP contribution in [-0.2, 0) is 14.4 Å². The lowest BCUT2D eigenvalue weighted by molar-refractivity contribution is -0.136. The molecule has 0 radical (unpaired) electrons. The molecule has 0 unspecified atom stereocenters. The summed E-state index contributed by atoms with van der Waals surface area (Å²) in [6.45, 7) is -0.259. The summed E-state index contributed by atoms with van der Waals surface area (Å²) in [5, 5.41) is 6.67. The molecule has 2 rings (SSSR count). The quantitative estimate of drug-likeness (QED) is 0.383. The smallest absolute Gasteiger partial charge is 0.329 e. The topological polar surface area (TPSA) is 123 Å². The van der Waals surface area contributed by atoms with E-state index >= 15 is 0 Å². The highest BCUT2D eigenvalue weighted by molar-refractivity contribution is 6.40. The van der Waals surface area contributed by atoms with E-state index in [1.807, 2.05) is 0 Å². The van der Waals surface area contributed by atoms with Gasteiger partial charge in [-0.1, -0.05) is 35.3 Å². The highest BCUT2D eigenvalue weighted by Crippen LogP contribution is 2.22. The van der Waals surface area contributed by atoms with Gasteiger partial charge in [0, 0.05) is 15.7 Å². The number of benzene rings is 2. The molecule has 0 spiro atoms. The van der Waals surface area contributed by atoms with Crippen LogP contribution in [-0.4, -0.2) is 30.5 Å². The molecule has 10 heteroatoms. The van der Waals surface area contributed by atoms with Gasteiger partial charge < -0.3 is 15.8 Å². The molecule has 0 aliphatic rings. The highest BCUT2D eigenvalue weighted by atomic mass is 35.5. The van der Waals surface area contributed by atoms with Crippen molar-refractivity contribution in [2.75, 3.05) is 11.9 Å². The molecule has 0 aromatic heterocycles. The van der Waals surface area contributed by atoms with Crippen molar-refractivity contribution >= 4 is 52.8 Å². The minimum absolute atomic E-state index is 0.259. The van der Waals surface area contributed by atoms with Gasteiger partial charge in [0.25, 0.3) is 5.91 Å². The van der Waals surface area contributed by atoms with Crippen molar-refractivity contribution < 1.29 is 19.1 Å². The van der Waals surface area contributed by atoms with Crippen molar-refractivity contribution in [1.82, 2.24) is 5.43 Å². The Kier molecular flexibility index (Phi) is 7.16. The van der Waals surface area contributed by atoms with Crippen LogP contribution in [0.2, 0.25) is 10.0 Å². The maximum atomic E-state index is 11.8. The molecule has 2 aromatic carbocycles. The number of nitrogens with one attached hydrogen (secondary N) is 2. The maximum absolute atomic E-state index is 11.8. The van der Waals surface area contributed by atoms with Crippen molar-refractivity contribution in [3.63, 3.8) is 0 Å². The molecule has 0 aliphatic heterocycles. The molecule has 0 fully saturated rings. The van der Waals surface area contributed by atoms with E-state index in [0.717, 1.165) is 0 Å². The van der Waals surface area contributed by atoms with Crippen LogP contribution >= 0.6 is 23.2 Å². The average Bonchev–Trinajstić information content (AvgIpc) is 2.59. The van der Waals surface area contributed by atoms with Crippen LogP contribution < -0.4 is 21.2 Å². The van der Waals surface area contributed by atoms with Crippen molar-refractivity contribution in [3.05, 3.63) is 58.1 Å². The number of amides is 3. The van der Waals surface area contributed by atoms with Crippen molar-refractivity contribution in [3.8, 4) is 5.75 Å². The first-order valence-electron chi connectivity index (χ1n) is 7.45. The van der Waals surface area contributed by atoms with Gasteiger partial charge in [0.15, 0.2) is 6.61 Å². The molecule has 0 atom stereocenters. The number of carbonyl (C=O) groups excluding carboxylic acids is 3. The van der Waals surface area contributed by atoms with Crippen LogP contribution in [0.5, 0.6) is 5.75 Å². The SMILES string of the molecule is NC(=O)COc1cccc(/C=N/NC(=O)C(=O)Nc2cc(Cl)cc(Cl)c2)c1. The Morgan fingerprint density at radius 1 is 1.07 bits per heavy atom. The van der Waals surface area contributed by atoms with E-state index in [1.165, 1.54) is 24.4 Å². The Balaban J connectivity index is 1.91. The molecular formula is C17H14Cl2N4O4. The number of hydrogen-bond acceptors (Lipinski definition) is 5. The van der Waals surface area contributed by atoms with Gasteiger partial charge in [-0.25, -0.2) is 5.43 Å². The normalized spacial score (nSPS) is 10.4. The fourth-order valence-electron chi connectivity index (χ4n) is 1.87. The van der Waals surface area contributed by atoms with E-state index < -0.39 is 17.7 Å². The number of ether oxygens (including phenoxy) is 1. The molecule has 27 heavy (non-hydrogen) atoms. The number of hydrazone groups is 1. The number of carbonyl (C=O) groups is 3. The number of halogens is 2. The van der Waals surface area contributed by atoms with Gasteiger partial charge in [0.1, 0.15) is 5.75 Å². The summed E-state index contributed by atoms with van der Waals surface area (Å²) in [5.74, 6) is -2.12. The zero-order valence-corrected chi connectivity index (χ0v) is 15.3. The van der Waals surface area contributed by atoms with E-state index in [4.69, 9.17) is 33.7 Å². The third kappa shape index (κ3) is 6.96. The summed E-state index contributed by atoms with van der Waals surface area (Å²) in [6.07, 6.45) is 1.30. The van der Waals surface area contributed by atoms with E-state index in [0.29, 0.717) is 21.4 Å². The molecule has 3 amide bonds. The molecule has 4 N–H and O–H groups in total. The monoisotopic (exact) mass is 408 g/mol. The minimum atomic E-state index is -0.983. The average molecular weight is 409 g/mol. The second-order valence-electron chi connectivity index (χ2n) is 5.14. The molecule has 0 heterocycles. The Hall–Kier alpha value is -3.10. The maximum Gasteiger partial charge on any atom is 0.329 e. The van der Waals surface area contributed by atoms with Crippen LogP contribution in [0.15, 0.2) is 47.6 Å². The second-order valence-corrected chi connectivity index (χ2v) is 6.01. The standard InChI is InChI=1S/C17H14Cl2N4O4/c18-11-5-12(19)7-13(6-11)22-16(25)17(26)23-21-8-10-2-1-3-14(4-10)27-9-15(20)24/h1-8H,9H2,(H2,20,24)(H,22,25)(H,23,26)/b21-8+. The number of primary amides is 1. The number of nitrogens with zero attached hydrogens (tertiary/aromatic N) is 1. The molecular weight excluding hydrogens is 395 g/mol. The van der Waals surface area contributed by atoms with Crippen LogP contribution in [0, 0.1) is 0 Å². The molecule has 0 aliphatic carbocycles. The van der Waals surface area contributed by atoms with Gasteiger partial charge in [-0.05, 0) is 35.9 Å². The van der Waals surface area contributed by atoms with Crippen LogP contribution in [0.1, 0.15) is 5.56 Å². The van der Waals surface area contributed by atoms with Gasteiger partial charge in [-0.2, -0.15) is 5.10 Å². The lowest BCUT2D eigenvalue weighted by Gasteiger charge is -2.05. The Bertz CT molecular complexity index is 882. The van der Waals surface area contributed by atoms with Crippen molar-refractivity contribution in [1.29, 1.82) is 0 Å². The third-order valence-corrected chi connectivity index (χ3v) is 3.38. The Morgan fingerprint density at radius 3 is 2.44 bits per heavy atom. The fraction of sp³-hybridized carbons (Fsp3) is 0.0588. The largest absolute Gasteiger partial charge is 0.484 e.